The van der Waals surface area contributed by atoms with Gasteiger partial charge in [0, 0.05) is 23.9 Å². The summed E-state index contributed by atoms with van der Waals surface area (Å²) in [5, 5.41) is 1.97. The van der Waals surface area contributed by atoms with Crippen molar-refractivity contribution in [2.24, 2.45) is 0 Å². The molecule has 3 aromatic rings. The minimum atomic E-state index is 0.0550. The molecule has 1 aliphatic heterocycles. The molecule has 1 aromatic carbocycles. The van der Waals surface area contributed by atoms with Gasteiger partial charge in [0.05, 0.1) is 11.2 Å². The number of benzene rings is 1. The number of carbonyl (C=O) groups excluding carboxylic acids is 1. The average Bonchev–Trinajstić information content (AvgIpc) is 3.15. The van der Waals surface area contributed by atoms with E-state index in [1.807, 2.05) is 4.90 Å². The van der Waals surface area contributed by atoms with Gasteiger partial charge >= 0.3 is 0 Å². The number of amides is 1. The number of carbonyl (C=O) groups is 1. The number of aromatic nitrogens is 1. The van der Waals surface area contributed by atoms with Crippen molar-refractivity contribution in [3.05, 3.63) is 34.2 Å². The molecule has 0 saturated carbocycles. The maximum Gasteiger partial charge on any atom is 0.266 e. The standard InChI is InChI=1S/C18H19N3OS/c1-10-7-12-9-13-15(19)16(18(22)21-5-3-4-6-21)23-17(13)20-14(12)8-11(10)2/h7-9H,3-6,19H2,1-2H3. The molecule has 0 aliphatic carbocycles. The van der Waals surface area contributed by atoms with E-state index in [9.17, 15) is 4.79 Å². The largest absolute Gasteiger partial charge is 0.397 e. The summed E-state index contributed by atoms with van der Waals surface area (Å²) in [4.78, 5) is 20.8. The molecule has 5 heteroatoms. The normalized spacial score (nSPS) is 15.0. The molecule has 0 spiro atoms. The molecule has 4 rings (SSSR count). The highest BCUT2D eigenvalue weighted by Gasteiger charge is 2.24. The average molecular weight is 325 g/mol. The smallest absolute Gasteiger partial charge is 0.266 e. The van der Waals surface area contributed by atoms with Crippen LogP contribution in [0.4, 0.5) is 5.69 Å². The first-order valence-corrected chi connectivity index (χ1v) is 8.75. The van der Waals surface area contributed by atoms with Gasteiger partial charge < -0.3 is 10.6 Å². The Bertz CT molecular complexity index is 938. The summed E-state index contributed by atoms with van der Waals surface area (Å²) in [7, 11) is 0. The van der Waals surface area contributed by atoms with Gasteiger partial charge in [0.2, 0.25) is 0 Å². The first-order chi connectivity index (χ1) is 11.0. The van der Waals surface area contributed by atoms with E-state index in [1.54, 1.807) is 0 Å². The molecule has 4 nitrogen and oxygen atoms in total. The third-order valence-corrected chi connectivity index (χ3v) is 5.82. The number of thiophene rings is 1. The number of rotatable bonds is 1. The predicted molar refractivity (Wildman–Crippen MR) is 96.1 cm³/mol. The molecule has 0 atom stereocenters. The first-order valence-electron chi connectivity index (χ1n) is 7.94. The lowest BCUT2D eigenvalue weighted by molar-refractivity contribution is 0.0798. The van der Waals surface area contributed by atoms with Crippen LogP contribution >= 0.6 is 11.3 Å². The van der Waals surface area contributed by atoms with Crippen LogP contribution in [0.5, 0.6) is 0 Å². The van der Waals surface area contributed by atoms with Crippen molar-refractivity contribution >= 4 is 44.1 Å². The third kappa shape index (κ3) is 2.27. The molecule has 0 radical (unpaired) electrons. The van der Waals surface area contributed by atoms with Crippen LogP contribution in [0.3, 0.4) is 0 Å². The van der Waals surface area contributed by atoms with E-state index in [2.05, 4.69) is 32.0 Å². The summed E-state index contributed by atoms with van der Waals surface area (Å²) >= 11 is 1.42. The second kappa shape index (κ2) is 5.20. The Morgan fingerprint density at radius 3 is 2.61 bits per heavy atom. The number of nitrogens with zero attached hydrogens (tertiary/aromatic N) is 2. The van der Waals surface area contributed by atoms with E-state index in [-0.39, 0.29) is 5.91 Å². The Hall–Kier alpha value is -2.14. The van der Waals surface area contributed by atoms with Gasteiger partial charge in [-0.25, -0.2) is 4.98 Å². The van der Waals surface area contributed by atoms with Crippen LogP contribution in [0, 0.1) is 13.8 Å². The second-order valence-electron chi connectivity index (χ2n) is 6.31. The van der Waals surface area contributed by atoms with Gasteiger partial charge in [0.15, 0.2) is 0 Å². The number of pyridine rings is 1. The highest BCUT2D eigenvalue weighted by atomic mass is 32.1. The van der Waals surface area contributed by atoms with Crippen LogP contribution in [0.1, 0.15) is 33.6 Å². The monoisotopic (exact) mass is 325 g/mol. The van der Waals surface area contributed by atoms with Gasteiger partial charge in [-0.2, -0.15) is 0 Å². The van der Waals surface area contributed by atoms with Gasteiger partial charge in [0.1, 0.15) is 9.71 Å². The number of nitrogens with two attached hydrogens (primary N) is 1. The topological polar surface area (TPSA) is 59.2 Å². The minimum absolute atomic E-state index is 0.0550. The molecule has 1 fully saturated rings. The highest BCUT2D eigenvalue weighted by molar-refractivity contribution is 7.21. The Morgan fingerprint density at radius 2 is 1.87 bits per heavy atom. The number of likely N-dealkylation sites (tertiary alicyclic amines) is 1. The van der Waals surface area contributed by atoms with Crippen molar-refractivity contribution in [3.63, 3.8) is 0 Å². The Kier molecular flexibility index (Phi) is 3.27. The molecule has 0 unspecified atom stereocenters. The molecule has 1 aliphatic rings. The third-order valence-electron chi connectivity index (χ3n) is 4.72. The molecular weight excluding hydrogens is 306 g/mol. The van der Waals surface area contributed by atoms with Crippen molar-refractivity contribution in [1.82, 2.24) is 9.88 Å². The Morgan fingerprint density at radius 1 is 1.17 bits per heavy atom. The summed E-state index contributed by atoms with van der Waals surface area (Å²) < 4.78 is 0. The zero-order valence-corrected chi connectivity index (χ0v) is 14.2. The van der Waals surface area contributed by atoms with Crippen molar-refractivity contribution < 1.29 is 4.79 Å². The first kappa shape index (κ1) is 14.5. The summed E-state index contributed by atoms with van der Waals surface area (Å²) in [6.45, 7) is 5.85. The highest BCUT2D eigenvalue weighted by Crippen LogP contribution is 2.36. The lowest BCUT2D eigenvalue weighted by Gasteiger charge is -2.13. The van der Waals surface area contributed by atoms with Crippen LogP contribution in [-0.2, 0) is 0 Å². The molecule has 0 bridgehead atoms. The predicted octanol–water partition coefficient (Wildman–Crippen LogP) is 3.88. The zero-order chi connectivity index (χ0) is 16.1. The number of hydrogen-bond acceptors (Lipinski definition) is 4. The van der Waals surface area contributed by atoms with Crippen LogP contribution in [0.15, 0.2) is 18.2 Å². The van der Waals surface area contributed by atoms with E-state index >= 15 is 0 Å². The fourth-order valence-electron chi connectivity index (χ4n) is 3.19. The molecular formula is C18H19N3OS. The molecule has 2 aromatic heterocycles. The van der Waals surface area contributed by atoms with Gasteiger partial charge in [-0.15, -0.1) is 11.3 Å². The van der Waals surface area contributed by atoms with E-state index in [0.29, 0.717) is 10.6 Å². The Labute approximate surface area is 138 Å². The number of hydrogen-bond donors (Lipinski definition) is 1. The maximum atomic E-state index is 12.7. The van der Waals surface area contributed by atoms with Crippen molar-refractivity contribution in [3.8, 4) is 0 Å². The summed E-state index contributed by atoms with van der Waals surface area (Å²) in [5.41, 5.74) is 10.3. The van der Waals surface area contributed by atoms with Crippen molar-refractivity contribution in [1.29, 1.82) is 0 Å². The quantitative estimate of drug-likeness (QED) is 0.738. The van der Waals surface area contributed by atoms with Gasteiger partial charge in [0.25, 0.3) is 5.91 Å². The van der Waals surface area contributed by atoms with Crippen LogP contribution in [0.2, 0.25) is 0 Å². The number of nitrogen functional groups attached to an aromatic ring is 1. The molecule has 1 amide bonds. The van der Waals surface area contributed by atoms with Crippen LogP contribution < -0.4 is 5.73 Å². The van der Waals surface area contributed by atoms with E-state index in [0.717, 1.165) is 47.1 Å². The summed E-state index contributed by atoms with van der Waals surface area (Å²) in [6.07, 6.45) is 2.16. The second-order valence-corrected chi connectivity index (χ2v) is 7.31. The van der Waals surface area contributed by atoms with Crippen LogP contribution in [-0.4, -0.2) is 28.9 Å². The van der Waals surface area contributed by atoms with E-state index in [1.165, 1.54) is 22.5 Å². The minimum Gasteiger partial charge on any atom is -0.397 e. The summed E-state index contributed by atoms with van der Waals surface area (Å²) in [6, 6.07) is 6.30. The molecule has 118 valence electrons. The maximum absolute atomic E-state index is 12.7. The van der Waals surface area contributed by atoms with Crippen molar-refractivity contribution in [2.45, 2.75) is 26.7 Å². The Balaban J connectivity index is 1.89. The summed E-state index contributed by atoms with van der Waals surface area (Å²) in [5.74, 6) is 0.0550. The fourth-order valence-corrected chi connectivity index (χ4v) is 4.24. The molecule has 2 N–H and O–H groups in total. The molecule has 1 saturated heterocycles. The van der Waals surface area contributed by atoms with Crippen molar-refractivity contribution in [2.75, 3.05) is 18.8 Å². The van der Waals surface area contributed by atoms with Gasteiger partial charge in [-0.05, 0) is 56.0 Å². The number of aryl methyl sites for hydroxylation is 2. The van der Waals surface area contributed by atoms with Crippen LogP contribution in [0.25, 0.3) is 21.1 Å². The van der Waals surface area contributed by atoms with Gasteiger partial charge in [-0.3, -0.25) is 4.79 Å². The lowest BCUT2D eigenvalue weighted by Crippen LogP contribution is -2.27. The zero-order valence-electron chi connectivity index (χ0n) is 13.3. The number of anilines is 1. The fraction of sp³-hybridized carbons (Fsp3) is 0.333. The van der Waals surface area contributed by atoms with E-state index < -0.39 is 0 Å². The molecule has 23 heavy (non-hydrogen) atoms. The molecule has 3 heterocycles. The lowest BCUT2D eigenvalue weighted by atomic mass is 10.1. The number of fused-ring (bicyclic) bond motifs is 2. The van der Waals surface area contributed by atoms with E-state index in [4.69, 9.17) is 10.7 Å². The SMILES string of the molecule is Cc1cc2cc3c(N)c(C(=O)N4CCCC4)sc3nc2cc1C. The van der Waals surface area contributed by atoms with Gasteiger partial charge in [-0.1, -0.05) is 0 Å².